The van der Waals surface area contributed by atoms with Gasteiger partial charge in [-0.15, -0.1) is 0 Å². The van der Waals surface area contributed by atoms with E-state index in [-0.39, 0.29) is 12.6 Å². The standard InChI is InChI=1S/C94H66BN5/c1-3-4-5-6-16-36-72(65-30-10-7-11-31-65)63(2)96-90-60-70(98-85-47-25-19-39-77(85)78-40-20-26-48-86(78)98)56-58-82(90)95-81-57-53-68(64-51-54-69(55-52-64)97-83-45-23-17-37-75(83)76-38-18-24-46-84(76)97)59-89(81)100(94-73(66-32-12-8-13-33-66)43-29-44-74(94)67-34-14-9-15-35-67)92-62-71(61-91(96)93(92)95)99-87-49-27-21-41-79(87)80-42-22-28-50-88(80)99/h3-35,37-62,72H,1-2,36H2/b5-4-,16-6-. The topological polar surface area (TPSA) is 21.3 Å². The Kier molecular flexibility index (Phi) is 14.0. The molecule has 0 aliphatic carbocycles. The second-order valence-electron chi connectivity index (χ2n) is 26.3. The molecule has 100 heavy (non-hydrogen) atoms. The van der Waals surface area contributed by atoms with Gasteiger partial charge in [-0.1, -0.05) is 292 Å². The van der Waals surface area contributed by atoms with Gasteiger partial charge in [0.15, 0.2) is 0 Å². The maximum Gasteiger partial charge on any atom is 0.252 e. The first-order chi connectivity index (χ1) is 49.6. The monoisotopic (exact) mass is 1280 g/mol. The minimum absolute atomic E-state index is 0.150. The van der Waals surface area contributed by atoms with E-state index in [2.05, 4.69) is 376 Å². The first-order valence-corrected chi connectivity index (χ1v) is 34.6. The van der Waals surface area contributed by atoms with Crippen molar-refractivity contribution in [1.82, 2.24) is 13.7 Å². The molecule has 2 aliphatic heterocycles. The van der Waals surface area contributed by atoms with Gasteiger partial charge in [0, 0.05) is 89.2 Å². The van der Waals surface area contributed by atoms with Crippen LogP contribution in [-0.2, 0) is 0 Å². The van der Waals surface area contributed by atoms with Crippen LogP contribution in [0.4, 0.5) is 28.4 Å². The first-order valence-electron chi connectivity index (χ1n) is 34.6. The third kappa shape index (κ3) is 9.32. The molecule has 0 fully saturated rings. The van der Waals surface area contributed by atoms with Crippen molar-refractivity contribution in [2.75, 3.05) is 9.80 Å². The van der Waals surface area contributed by atoms with Crippen LogP contribution in [-0.4, -0.2) is 20.4 Å². The summed E-state index contributed by atoms with van der Waals surface area (Å²) in [5.74, 6) is -0.150. The van der Waals surface area contributed by atoms with E-state index < -0.39 is 0 Å². The van der Waals surface area contributed by atoms with Gasteiger partial charge >= 0.3 is 0 Å². The summed E-state index contributed by atoms with van der Waals surface area (Å²) in [6.45, 7) is 9.15. The normalized spacial score (nSPS) is 12.9. The van der Waals surface area contributed by atoms with Crippen LogP contribution in [0.2, 0.25) is 0 Å². The highest BCUT2D eigenvalue weighted by atomic mass is 15.2. The molecule has 0 radical (unpaired) electrons. The van der Waals surface area contributed by atoms with Gasteiger partial charge in [-0.3, -0.25) is 0 Å². The summed E-state index contributed by atoms with van der Waals surface area (Å²) in [4.78, 5) is 5.23. The largest absolute Gasteiger partial charge is 0.315 e. The molecule has 0 spiro atoms. The molecule has 5 nitrogen and oxygen atoms in total. The maximum atomic E-state index is 5.41. The molecule has 0 bridgehead atoms. The van der Waals surface area contributed by atoms with E-state index in [1.165, 1.54) is 65.3 Å². The summed E-state index contributed by atoms with van der Waals surface area (Å²) >= 11 is 0. The van der Waals surface area contributed by atoms with Gasteiger partial charge < -0.3 is 23.5 Å². The van der Waals surface area contributed by atoms with Crippen LogP contribution in [0.5, 0.6) is 0 Å². The Morgan fingerprint density at radius 1 is 0.340 bits per heavy atom. The number of rotatable bonds is 14. The van der Waals surface area contributed by atoms with E-state index in [1.807, 2.05) is 12.2 Å². The number of nitrogens with zero attached hydrogens (tertiary/aromatic N) is 5. The van der Waals surface area contributed by atoms with E-state index in [9.17, 15) is 0 Å². The average molecular weight is 1280 g/mol. The van der Waals surface area contributed by atoms with Crippen molar-refractivity contribution >= 4 is 117 Å². The Morgan fingerprint density at radius 2 is 0.760 bits per heavy atom. The van der Waals surface area contributed by atoms with Crippen LogP contribution < -0.4 is 26.2 Å². The van der Waals surface area contributed by atoms with E-state index >= 15 is 0 Å². The van der Waals surface area contributed by atoms with Crippen molar-refractivity contribution in [2.45, 2.75) is 12.3 Å². The van der Waals surface area contributed by atoms with Crippen molar-refractivity contribution in [1.29, 1.82) is 0 Å². The number of anilines is 5. The van der Waals surface area contributed by atoms with Crippen LogP contribution in [0.15, 0.2) is 377 Å². The number of fused-ring (bicyclic) bond motifs is 13. The highest BCUT2D eigenvalue weighted by Gasteiger charge is 2.46. The van der Waals surface area contributed by atoms with Crippen molar-refractivity contribution in [3.05, 3.63) is 382 Å². The second-order valence-corrected chi connectivity index (χ2v) is 26.3. The molecular formula is C94H66BN5. The Balaban J connectivity index is 0.933. The predicted molar refractivity (Wildman–Crippen MR) is 425 cm³/mol. The van der Waals surface area contributed by atoms with Gasteiger partial charge in [0.1, 0.15) is 0 Å². The number of aromatic nitrogens is 3. The zero-order valence-electron chi connectivity index (χ0n) is 55.1. The molecule has 6 heteroatoms. The Labute approximate surface area is 582 Å². The van der Waals surface area contributed by atoms with Crippen molar-refractivity contribution < 1.29 is 0 Å². The number of para-hydroxylation sites is 7. The Morgan fingerprint density at radius 3 is 1.28 bits per heavy atom. The number of allylic oxidation sites excluding steroid dienone is 6. The molecule has 0 amide bonds. The molecule has 3 aromatic heterocycles. The number of hydrogen-bond donors (Lipinski definition) is 0. The lowest BCUT2D eigenvalue weighted by atomic mass is 9.33. The molecular weight excluding hydrogens is 1210 g/mol. The summed E-state index contributed by atoms with van der Waals surface area (Å²) in [5, 5.41) is 7.31. The molecule has 0 saturated carbocycles. The van der Waals surface area contributed by atoms with Gasteiger partial charge in [-0.2, -0.15) is 0 Å². The molecule has 19 rings (SSSR count). The van der Waals surface area contributed by atoms with E-state index in [1.54, 1.807) is 0 Å². The average Bonchev–Trinajstić information content (AvgIpc) is 0.716. The third-order valence-corrected chi connectivity index (χ3v) is 20.9. The molecule has 17 aromatic rings. The number of hydrogen-bond acceptors (Lipinski definition) is 2. The molecule has 14 aromatic carbocycles. The van der Waals surface area contributed by atoms with Gasteiger partial charge in [0.05, 0.1) is 44.5 Å². The lowest BCUT2D eigenvalue weighted by Crippen LogP contribution is -2.62. The fraction of sp³-hybridized carbons (Fsp3) is 0.0213. The zero-order chi connectivity index (χ0) is 66.4. The zero-order valence-corrected chi connectivity index (χ0v) is 55.1. The lowest BCUT2D eigenvalue weighted by molar-refractivity contribution is 0.788. The van der Waals surface area contributed by atoms with E-state index in [4.69, 9.17) is 6.58 Å². The quantitative estimate of drug-likeness (QED) is 0.0799. The maximum absolute atomic E-state index is 5.41. The highest BCUT2D eigenvalue weighted by Crippen LogP contribution is 2.52. The first kappa shape index (κ1) is 58.5. The van der Waals surface area contributed by atoms with Crippen LogP contribution >= 0.6 is 0 Å². The van der Waals surface area contributed by atoms with Gasteiger partial charge in [0.2, 0.25) is 0 Å². The third-order valence-electron chi connectivity index (χ3n) is 20.9. The summed E-state index contributed by atoms with van der Waals surface area (Å²) < 4.78 is 7.38. The smallest absolute Gasteiger partial charge is 0.252 e. The fourth-order valence-corrected chi connectivity index (χ4v) is 16.6. The van der Waals surface area contributed by atoms with Crippen LogP contribution in [0.1, 0.15) is 17.9 Å². The van der Waals surface area contributed by atoms with Crippen molar-refractivity contribution in [3.63, 3.8) is 0 Å². The summed E-state index contributed by atoms with van der Waals surface area (Å²) in [6.07, 6.45) is 11.0. The lowest BCUT2D eigenvalue weighted by Gasteiger charge is -2.46. The van der Waals surface area contributed by atoms with Crippen molar-refractivity contribution in [3.8, 4) is 50.4 Å². The minimum Gasteiger partial charge on any atom is -0.315 e. The van der Waals surface area contributed by atoms with Crippen LogP contribution in [0.3, 0.4) is 0 Å². The van der Waals surface area contributed by atoms with E-state index in [0.29, 0.717) is 6.42 Å². The van der Waals surface area contributed by atoms with Crippen LogP contribution in [0.25, 0.3) is 116 Å². The van der Waals surface area contributed by atoms with Gasteiger partial charge in [0.25, 0.3) is 6.71 Å². The number of benzene rings is 14. The van der Waals surface area contributed by atoms with Gasteiger partial charge in [-0.05, 0) is 129 Å². The van der Waals surface area contributed by atoms with Gasteiger partial charge in [-0.25, -0.2) is 0 Å². The minimum atomic E-state index is -0.246. The predicted octanol–water partition coefficient (Wildman–Crippen LogP) is 22.7. The molecule has 470 valence electrons. The molecule has 0 saturated heterocycles. The molecule has 2 aliphatic rings. The van der Waals surface area contributed by atoms with E-state index in [0.717, 1.165) is 107 Å². The molecule has 1 atom stereocenters. The second kappa shape index (κ2) is 24.0. The molecule has 0 N–H and O–H groups in total. The summed E-state index contributed by atoms with van der Waals surface area (Å²) in [6, 6.07) is 122. The summed E-state index contributed by atoms with van der Waals surface area (Å²) in [7, 11) is 0. The van der Waals surface area contributed by atoms with Crippen LogP contribution in [0, 0.1) is 0 Å². The molecule has 1 unspecified atom stereocenters. The Hall–Kier alpha value is -12.9. The SMILES string of the molecule is C=C/C=C\C=C/CC(C(=C)N1c2cc(-n3c4ccccc4c4ccccc43)ccc2B2c3ccc(-c4ccc(-n5c6ccccc6c6ccccc65)cc4)cc3N(c3c(-c4ccccc4)cccc3-c3ccccc3)c3cc(-n4c5ccccc5c5ccccc54)cc1c32)c1ccccc1. The fourth-order valence-electron chi connectivity index (χ4n) is 16.6. The Bertz CT molecular complexity index is 5970. The molecule has 5 heterocycles. The highest BCUT2D eigenvalue weighted by molar-refractivity contribution is 7.00. The summed E-state index contributed by atoms with van der Waals surface area (Å²) in [5.41, 5.74) is 28.1. The van der Waals surface area contributed by atoms with Crippen molar-refractivity contribution in [2.24, 2.45) is 0 Å².